The molecule has 4 heteroatoms. The first-order chi connectivity index (χ1) is 16.4. The summed E-state index contributed by atoms with van der Waals surface area (Å²) in [4.78, 5) is 0. The van der Waals surface area contributed by atoms with Crippen molar-refractivity contribution in [3.8, 4) is 0 Å². The molecule has 4 aromatic carbocycles. The van der Waals surface area contributed by atoms with E-state index in [1.165, 1.54) is 21.5 Å². The molecule has 0 amide bonds. The number of rotatable bonds is 6. The SMILES string of the molecule is C=CCCc1ccccc1.[C-]#[O+].[C-]#[O+].[Cr].c1ccc(P(c2ccccc2)c2ccccc2)cc1. The van der Waals surface area contributed by atoms with Gasteiger partial charge in [0.15, 0.2) is 0 Å². The van der Waals surface area contributed by atoms with Crippen LogP contribution in [0.2, 0.25) is 0 Å². The van der Waals surface area contributed by atoms with Crippen LogP contribution >= 0.6 is 7.92 Å². The summed E-state index contributed by atoms with van der Waals surface area (Å²) in [6.45, 7) is 12.7. The van der Waals surface area contributed by atoms with Gasteiger partial charge in [-0.2, -0.15) is 0 Å². The fourth-order valence-corrected chi connectivity index (χ4v) is 5.40. The van der Waals surface area contributed by atoms with Gasteiger partial charge in [-0.05, 0) is 42.2 Å². The fraction of sp³-hybridized carbons (Fsp3) is 0.0667. The molecule has 0 aliphatic rings. The van der Waals surface area contributed by atoms with Crippen molar-refractivity contribution in [1.29, 1.82) is 0 Å². The van der Waals surface area contributed by atoms with Crippen LogP contribution in [0.15, 0.2) is 134 Å². The second-order valence-electron chi connectivity index (χ2n) is 6.66. The van der Waals surface area contributed by atoms with Crippen molar-refractivity contribution in [2.24, 2.45) is 0 Å². The molecule has 0 atom stereocenters. The summed E-state index contributed by atoms with van der Waals surface area (Å²) in [6.07, 6.45) is 4.14. The summed E-state index contributed by atoms with van der Waals surface area (Å²) < 4.78 is 15.0. The monoisotopic (exact) mass is 502 g/mol. The van der Waals surface area contributed by atoms with E-state index in [9.17, 15) is 0 Å². The van der Waals surface area contributed by atoms with Gasteiger partial charge in [-0.3, -0.25) is 0 Å². The van der Waals surface area contributed by atoms with Crippen molar-refractivity contribution >= 4 is 23.8 Å². The molecule has 0 saturated heterocycles. The fourth-order valence-electron chi connectivity index (χ4n) is 3.09. The quantitative estimate of drug-likeness (QED) is 0.131. The first-order valence-corrected chi connectivity index (χ1v) is 11.7. The number of hydrogen-bond donors (Lipinski definition) is 0. The molecule has 4 aromatic rings. The van der Waals surface area contributed by atoms with E-state index in [0.717, 1.165) is 12.8 Å². The molecule has 0 bridgehead atoms. The summed E-state index contributed by atoms with van der Waals surface area (Å²) in [5, 5.41) is 4.19. The minimum atomic E-state index is -0.446. The van der Waals surface area contributed by atoms with Crippen LogP contribution in [0.1, 0.15) is 12.0 Å². The Hall–Kier alpha value is -2.94. The molecule has 0 saturated carbocycles. The summed E-state index contributed by atoms with van der Waals surface area (Å²) in [5.41, 5.74) is 1.39. The number of allylic oxidation sites excluding steroid dienone is 1. The van der Waals surface area contributed by atoms with E-state index < -0.39 is 7.92 Å². The molecule has 34 heavy (non-hydrogen) atoms. The Morgan fingerprint density at radius 3 is 1.15 bits per heavy atom. The van der Waals surface area contributed by atoms with Crippen molar-refractivity contribution < 1.29 is 26.7 Å². The second-order valence-corrected chi connectivity index (χ2v) is 8.88. The van der Waals surface area contributed by atoms with Crippen LogP contribution in [0.3, 0.4) is 0 Å². The molecule has 170 valence electrons. The Kier molecular flexibility index (Phi) is 18.9. The van der Waals surface area contributed by atoms with Gasteiger partial charge < -0.3 is 0 Å². The van der Waals surface area contributed by atoms with Crippen LogP contribution in [-0.4, -0.2) is 0 Å². The van der Waals surface area contributed by atoms with Gasteiger partial charge in [-0.15, -0.1) is 6.58 Å². The zero-order chi connectivity index (χ0) is 24.2. The number of aryl methyl sites for hydroxylation is 1. The maximum absolute atomic E-state index is 7.50. The minimum absolute atomic E-state index is 0. The van der Waals surface area contributed by atoms with E-state index in [2.05, 4.69) is 135 Å². The normalized spacial score (nSPS) is 8.74. The molecular weight excluding hydrogens is 475 g/mol. The van der Waals surface area contributed by atoms with Crippen molar-refractivity contribution in [2.45, 2.75) is 12.8 Å². The van der Waals surface area contributed by atoms with Gasteiger partial charge in [0, 0.05) is 17.4 Å². The third-order valence-corrected chi connectivity index (χ3v) is 6.97. The molecule has 2 nitrogen and oxygen atoms in total. The van der Waals surface area contributed by atoms with Gasteiger partial charge in [0.05, 0.1) is 0 Å². The first-order valence-electron chi connectivity index (χ1n) is 10.4. The number of hydrogen-bond acceptors (Lipinski definition) is 0. The molecule has 0 N–H and O–H groups in total. The maximum Gasteiger partial charge on any atom is 0 e. The van der Waals surface area contributed by atoms with Gasteiger partial charge in [-0.25, -0.2) is 0 Å². The van der Waals surface area contributed by atoms with Crippen LogP contribution in [0.4, 0.5) is 0 Å². The standard InChI is InChI=1S/C18H15P.C10H12.2CO.Cr/c1-4-10-16(11-5-1)19(17-12-6-2-7-13-17)18-14-8-3-9-15-18;1-2-3-7-10-8-5-4-6-9-10;2*1-2;/h1-15H;2,4-6,8-9H,1,3,7H2;;;. The molecule has 4 rings (SSSR count). The molecule has 0 heterocycles. The van der Waals surface area contributed by atoms with E-state index >= 15 is 0 Å². The summed E-state index contributed by atoms with van der Waals surface area (Å²) in [7, 11) is -0.446. The average molecular weight is 503 g/mol. The van der Waals surface area contributed by atoms with Crippen LogP contribution in [0, 0.1) is 13.3 Å². The zero-order valence-corrected chi connectivity index (χ0v) is 21.1. The largest absolute Gasteiger partial charge is 0.0622 e. The Morgan fingerprint density at radius 2 is 0.853 bits per heavy atom. The third-order valence-electron chi connectivity index (χ3n) is 4.52. The summed E-state index contributed by atoms with van der Waals surface area (Å²) >= 11 is 0. The Morgan fingerprint density at radius 1 is 0.559 bits per heavy atom. The van der Waals surface area contributed by atoms with E-state index in [4.69, 9.17) is 9.30 Å². The topological polar surface area (TPSA) is 39.8 Å². The predicted octanol–water partition coefficient (Wildman–Crippen LogP) is 6.17. The third kappa shape index (κ3) is 11.3. The Bertz CT molecular complexity index is 951. The number of benzene rings is 4. The minimum Gasteiger partial charge on any atom is -0.0622 e. The molecule has 0 fully saturated rings. The van der Waals surface area contributed by atoms with Gasteiger partial charge >= 0.3 is 22.6 Å². The molecule has 0 aliphatic heterocycles. The smallest absolute Gasteiger partial charge is 0 e. The van der Waals surface area contributed by atoms with E-state index in [0.29, 0.717) is 0 Å². The van der Waals surface area contributed by atoms with E-state index in [1.807, 2.05) is 12.1 Å². The van der Waals surface area contributed by atoms with Crippen LogP contribution in [0.5, 0.6) is 0 Å². The summed E-state index contributed by atoms with van der Waals surface area (Å²) in [5.74, 6) is 0. The molecule has 0 spiro atoms. The molecular formula is C30H27CrO2P. The summed E-state index contributed by atoms with van der Waals surface area (Å²) in [6, 6.07) is 42.8. The van der Waals surface area contributed by atoms with Gasteiger partial charge in [0.1, 0.15) is 0 Å². The maximum atomic E-state index is 7.50. The molecule has 0 radical (unpaired) electrons. The van der Waals surface area contributed by atoms with E-state index in [1.54, 1.807) is 0 Å². The predicted molar refractivity (Wildman–Crippen MR) is 138 cm³/mol. The van der Waals surface area contributed by atoms with Gasteiger partial charge in [0.2, 0.25) is 0 Å². The van der Waals surface area contributed by atoms with Crippen molar-refractivity contribution in [3.05, 3.63) is 153 Å². The first kappa shape index (κ1) is 31.1. The average Bonchev–Trinajstić information content (AvgIpc) is 2.93. The molecule has 0 aliphatic carbocycles. The van der Waals surface area contributed by atoms with Crippen LogP contribution < -0.4 is 15.9 Å². The van der Waals surface area contributed by atoms with Gasteiger partial charge in [-0.1, -0.05) is 127 Å². The van der Waals surface area contributed by atoms with Crippen LogP contribution in [0.25, 0.3) is 0 Å². The van der Waals surface area contributed by atoms with Crippen molar-refractivity contribution in [3.63, 3.8) is 0 Å². The molecule has 0 aromatic heterocycles. The Balaban J connectivity index is 0.000000620. The van der Waals surface area contributed by atoms with E-state index in [-0.39, 0.29) is 17.4 Å². The second kappa shape index (κ2) is 20.7. The zero-order valence-electron chi connectivity index (χ0n) is 18.9. The Labute approximate surface area is 215 Å². The van der Waals surface area contributed by atoms with Gasteiger partial charge in [0.25, 0.3) is 0 Å². The molecule has 0 unspecified atom stereocenters. The van der Waals surface area contributed by atoms with Crippen molar-refractivity contribution in [1.82, 2.24) is 0 Å². The van der Waals surface area contributed by atoms with Crippen LogP contribution in [-0.2, 0) is 33.1 Å². The van der Waals surface area contributed by atoms with Crippen molar-refractivity contribution in [2.75, 3.05) is 0 Å².